The van der Waals surface area contributed by atoms with Crippen molar-refractivity contribution < 1.29 is 0 Å². The Kier molecular flexibility index (Phi) is 2.02. The number of hydrogen-bond donors (Lipinski definition) is 0. The highest BCUT2D eigenvalue weighted by Gasteiger charge is 2.06. The lowest BCUT2D eigenvalue weighted by Crippen LogP contribution is -1.71. The minimum atomic E-state index is 0.883. The summed E-state index contributed by atoms with van der Waals surface area (Å²) in [6.07, 6.45) is 0. The molecule has 0 aliphatic carbocycles. The Bertz CT molecular complexity index is 341. The van der Waals surface area contributed by atoms with Crippen LogP contribution >= 0.6 is 38.6 Å². The van der Waals surface area contributed by atoms with Crippen molar-refractivity contribution in [2.45, 2.75) is 0 Å². The minimum Gasteiger partial charge on any atom is -0.244 e. The van der Waals surface area contributed by atoms with Gasteiger partial charge in [0.25, 0.3) is 0 Å². The molecule has 0 N–H and O–H groups in total. The average molecular weight is 247 g/mol. The molecule has 2 aromatic rings. The highest BCUT2D eigenvalue weighted by atomic mass is 79.9. The van der Waals surface area contributed by atoms with E-state index in [0.29, 0.717) is 0 Å². The van der Waals surface area contributed by atoms with Crippen molar-refractivity contribution in [1.82, 2.24) is 9.97 Å². The molecule has 0 aliphatic rings. The van der Waals surface area contributed by atoms with Crippen LogP contribution in [0.5, 0.6) is 0 Å². The van der Waals surface area contributed by atoms with E-state index in [1.165, 1.54) is 0 Å². The molecule has 56 valence electrons. The van der Waals surface area contributed by atoms with Gasteiger partial charge in [0.1, 0.15) is 4.60 Å². The molecule has 0 aliphatic heterocycles. The Morgan fingerprint density at radius 3 is 2.73 bits per heavy atom. The van der Waals surface area contributed by atoms with Gasteiger partial charge in [0.05, 0.1) is 21.6 Å². The second kappa shape index (κ2) is 3.00. The predicted molar refractivity (Wildman–Crippen MR) is 50.9 cm³/mol. The summed E-state index contributed by atoms with van der Waals surface area (Å²) in [6.45, 7) is 0. The SMILES string of the molecule is Brc1ncsc1-c1cscn1. The van der Waals surface area contributed by atoms with E-state index in [4.69, 9.17) is 0 Å². The quantitative estimate of drug-likeness (QED) is 0.774. The maximum atomic E-state index is 4.18. The first-order valence-corrected chi connectivity index (χ1v) is 5.47. The average Bonchev–Trinajstić information content (AvgIpc) is 2.55. The second-order valence-corrected chi connectivity index (χ2v) is 4.17. The van der Waals surface area contributed by atoms with Gasteiger partial charge in [-0.1, -0.05) is 0 Å². The summed E-state index contributed by atoms with van der Waals surface area (Å²) in [6, 6.07) is 0. The molecule has 0 radical (unpaired) electrons. The fourth-order valence-corrected chi connectivity index (χ4v) is 2.71. The van der Waals surface area contributed by atoms with Crippen LogP contribution in [-0.2, 0) is 0 Å². The van der Waals surface area contributed by atoms with E-state index in [0.717, 1.165) is 15.2 Å². The monoisotopic (exact) mass is 246 g/mol. The highest BCUT2D eigenvalue weighted by Crippen LogP contribution is 2.30. The number of hydrogen-bond acceptors (Lipinski definition) is 4. The van der Waals surface area contributed by atoms with Gasteiger partial charge in [-0.05, 0) is 15.9 Å². The summed E-state index contributed by atoms with van der Waals surface area (Å²) in [5.74, 6) is 0. The van der Waals surface area contributed by atoms with Gasteiger partial charge in [0.15, 0.2) is 0 Å². The Balaban J connectivity index is 2.53. The van der Waals surface area contributed by atoms with Crippen LogP contribution in [0.4, 0.5) is 0 Å². The molecule has 0 saturated carbocycles. The number of rotatable bonds is 1. The van der Waals surface area contributed by atoms with Gasteiger partial charge in [-0.25, -0.2) is 9.97 Å². The smallest absolute Gasteiger partial charge is 0.126 e. The van der Waals surface area contributed by atoms with Crippen LogP contribution in [0, 0.1) is 0 Å². The number of thiazole rings is 2. The first kappa shape index (κ1) is 7.39. The van der Waals surface area contributed by atoms with Gasteiger partial charge in [-0.2, -0.15) is 0 Å². The summed E-state index contributed by atoms with van der Waals surface area (Å²) < 4.78 is 0.883. The van der Waals surface area contributed by atoms with Gasteiger partial charge in [0.2, 0.25) is 0 Å². The zero-order valence-electron chi connectivity index (χ0n) is 5.32. The van der Waals surface area contributed by atoms with Crippen LogP contribution in [0.1, 0.15) is 0 Å². The molecule has 5 heteroatoms. The van der Waals surface area contributed by atoms with Gasteiger partial charge in [0, 0.05) is 5.38 Å². The molecular formula is C6H3BrN2S2. The number of halogens is 1. The first-order chi connectivity index (χ1) is 5.38. The summed E-state index contributed by atoms with van der Waals surface area (Å²) in [5.41, 5.74) is 4.63. The normalized spacial score (nSPS) is 10.3. The fourth-order valence-electron chi connectivity index (χ4n) is 0.723. The van der Waals surface area contributed by atoms with Crippen LogP contribution in [0.25, 0.3) is 10.6 Å². The summed E-state index contributed by atoms with van der Waals surface area (Å²) in [5, 5.41) is 2.01. The molecule has 11 heavy (non-hydrogen) atoms. The highest BCUT2D eigenvalue weighted by molar-refractivity contribution is 9.10. The van der Waals surface area contributed by atoms with Crippen molar-refractivity contribution in [3.8, 4) is 10.6 Å². The molecule has 0 spiro atoms. The Labute approximate surface area is 80.1 Å². The van der Waals surface area contributed by atoms with Crippen molar-refractivity contribution in [2.24, 2.45) is 0 Å². The molecule has 0 saturated heterocycles. The molecule has 0 bridgehead atoms. The van der Waals surface area contributed by atoms with Crippen LogP contribution < -0.4 is 0 Å². The molecule has 0 atom stereocenters. The van der Waals surface area contributed by atoms with Gasteiger partial charge >= 0.3 is 0 Å². The van der Waals surface area contributed by atoms with Crippen molar-refractivity contribution in [3.05, 3.63) is 21.0 Å². The maximum absolute atomic E-state index is 4.18. The molecule has 2 nitrogen and oxygen atoms in total. The van der Waals surface area contributed by atoms with E-state index in [-0.39, 0.29) is 0 Å². The summed E-state index contributed by atoms with van der Waals surface area (Å²) >= 11 is 6.54. The predicted octanol–water partition coefficient (Wildman–Crippen LogP) is 3.03. The van der Waals surface area contributed by atoms with Crippen LogP contribution in [-0.4, -0.2) is 9.97 Å². The zero-order chi connectivity index (χ0) is 7.68. The second-order valence-electron chi connectivity index (χ2n) is 1.85. The zero-order valence-corrected chi connectivity index (χ0v) is 8.54. The molecule has 0 amide bonds. The third kappa shape index (κ3) is 1.36. The van der Waals surface area contributed by atoms with Crippen molar-refractivity contribution >= 4 is 38.6 Å². The van der Waals surface area contributed by atoms with E-state index >= 15 is 0 Å². The van der Waals surface area contributed by atoms with Gasteiger partial charge in [-0.15, -0.1) is 22.7 Å². The summed E-state index contributed by atoms with van der Waals surface area (Å²) in [7, 11) is 0. The lowest BCUT2D eigenvalue weighted by molar-refractivity contribution is 1.34. The summed E-state index contributed by atoms with van der Waals surface area (Å²) in [4.78, 5) is 9.35. The fraction of sp³-hybridized carbons (Fsp3) is 0. The van der Waals surface area contributed by atoms with E-state index in [2.05, 4.69) is 25.9 Å². The third-order valence-corrected chi connectivity index (χ3v) is 3.49. The molecule has 0 aromatic carbocycles. The van der Waals surface area contributed by atoms with Crippen LogP contribution in [0.15, 0.2) is 21.0 Å². The number of aromatic nitrogens is 2. The van der Waals surface area contributed by atoms with Gasteiger partial charge < -0.3 is 0 Å². The molecule has 2 aromatic heterocycles. The van der Waals surface area contributed by atoms with E-state index in [1.54, 1.807) is 28.2 Å². The van der Waals surface area contributed by atoms with E-state index in [9.17, 15) is 0 Å². The molecule has 0 unspecified atom stereocenters. The molecule has 0 fully saturated rings. The lowest BCUT2D eigenvalue weighted by atomic mass is 10.4. The Hall–Kier alpha value is -0.260. The van der Waals surface area contributed by atoms with E-state index in [1.807, 2.05) is 10.9 Å². The van der Waals surface area contributed by atoms with Crippen LogP contribution in [0.2, 0.25) is 0 Å². The van der Waals surface area contributed by atoms with Crippen molar-refractivity contribution in [3.63, 3.8) is 0 Å². The number of nitrogens with zero attached hydrogens (tertiary/aromatic N) is 2. The topological polar surface area (TPSA) is 25.8 Å². The largest absolute Gasteiger partial charge is 0.244 e. The molecule has 2 rings (SSSR count). The Morgan fingerprint density at radius 1 is 1.27 bits per heavy atom. The first-order valence-electron chi connectivity index (χ1n) is 2.85. The molecule has 2 heterocycles. The molecular weight excluding hydrogens is 244 g/mol. The third-order valence-electron chi connectivity index (χ3n) is 1.19. The standard InChI is InChI=1S/C6H3BrN2S2/c7-6-5(11-3-9-6)4-1-10-2-8-4/h1-3H. The minimum absolute atomic E-state index is 0.883. The van der Waals surface area contributed by atoms with Gasteiger partial charge in [-0.3, -0.25) is 0 Å². The van der Waals surface area contributed by atoms with E-state index < -0.39 is 0 Å². The Morgan fingerprint density at radius 2 is 2.18 bits per heavy atom. The van der Waals surface area contributed by atoms with Crippen molar-refractivity contribution in [1.29, 1.82) is 0 Å². The van der Waals surface area contributed by atoms with Crippen LogP contribution in [0.3, 0.4) is 0 Å². The lowest BCUT2D eigenvalue weighted by Gasteiger charge is -1.87. The van der Waals surface area contributed by atoms with Crippen molar-refractivity contribution in [2.75, 3.05) is 0 Å². The maximum Gasteiger partial charge on any atom is 0.126 e.